The molecule has 0 bridgehead atoms. The quantitative estimate of drug-likeness (QED) is 0.755. The average Bonchev–Trinajstić information content (AvgIpc) is 2.98. The third-order valence-corrected chi connectivity index (χ3v) is 4.67. The zero-order valence-electron chi connectivity index (χ0n) is 14.6. The van der Waals surface area contributed by atoms with E-state index < -0.39 is 12.0 Å². The maximum atomic E-state index is 12.9. The van der Waals surface area contributed by atoms with Crippen molar-refractivity contribution in [3.8, 4) is 11.4 Å². The maximum Gasteiger partial charge on any atom is 0.451 e. The molecule has 3 aromatic rings. The van der Waals surface area contributed by atoms with Gasteiger partial charge in [-0.2, -0.15) is 13.2 Å². The second-order valence-electron chi connectivity index (χ2n) is 6.51. The van der Waals surface area contributed by atoms with E-state index in [1.54, 1.807) is 19.3 Å². The van der Waals surface area contributed by atoms with Crippen LogP contribution in [0.3, 0.4) is 0 Å². The van der Waals surface area contributed by atoms with Gasteiger partial charge in [0.1, 0.15) is 5.82 Å². The van der Waals surface area contributed by atoms with Crippen LogP contribution in [0.15, 0.2) is 30.6 Å². The van der Waals surface area contributed by atoms with E-state index in [1.165, 1.54) is 6.07 Å². The van der Waals surface area contributed by atoms with Crippen molar-refractivity contribution in [1.82, 2.24) is 19.5 Å². The van der Waals surface area contributed by atoms with Crippen molar-refractivity contribution in [1.29, 1.82) is 0 Å². The summed E-state index contributed by atoms with van der Waals surface area (Å²) in [6, 6.07) is 5.46. The number of hydrogen-bond acceptors (Lipinski definition) is 5. The lowest BCUT2D eigenvalue weighted by Crippen LogP contribution is -2.28. The second-order valence-corrected chi connectivity index (χ2v) is 6.51. The molecule has 0 radical (unpaired) electrons. The van der Waals surface area contributed by atoms with Crippen molar-refractivity contribution in [3.05, 3.63) is 36.4 Å². The van der Waals surface area contributed by atoms with E-state index in [4.69, 9.17) is 4.74 Å². The number of hydrogen-bond donors (Lipinski definition) is 1. The van der Waals surface area contributed by atoms with Crippen LogP contribution < -0.4 is 5.32 Å². The van der Waals surface area contributed by atoms with E-state index in [9.17, 15) is 13.2 Å². The first-order valence-electron chi connectivity index (χ1n) is 8.62. The number of nitrogens with zero attached hydrogens (tertiary/aromatic N) is 4. The Morgan fingerprint density at radius 2 is 1.96 bits per heavy atom. The molecule has 6 nitrogen and oxygen atoms in total. The van der Waals surface area contributed by atoms with Crippen LogP contribution >= 0.6 is 0 Å². The van der Waals surface area contributed by atoms with Gasteiger partial charge in [0.2, 0.25) is 5.82 Å². The van der Waals surface area contributed by atoms with E-state index in [2.05, 4.69) is 20.3 Å². The van der Waals surface area contributed by atoms with Crippen molar-refractivity contribution in [2.45, 2.75) is 25.1 Å². The van der Waals surface area contributed by atoms with Crippen LogP contribution in [0.1, 0.15) is 18.7 Å². The highest BCUT2D eigenvalue weighted by Gasteiger charge is 2.34. The highest BCUT2D eigenvalue weighted by Crippen LogP contribution is 2.30. The number of anilines is 1. The van der Waals surface area contributed by atoms with Gasteiger partial charge < -0.3 is 14.6 Å². The van der Waals surface area contributed by atoms with Gasteiger partial charge in [-0.25, -0.2) is 15.0 Å². The number of fused-ring (bicyclic) bond motifs is 1. The molecule has 1 aliphatic heterocycles. The number of aryl methyl sites for hydroxylation is 1. The molecule has 0 unspecified atom stereocenters. The third kappa shape index (κ3) is 3.59. The Hall–Kier alpha value is -2.68. The van der Waals surface area contributed by atoms with Crippen LogP contribution in [0, 0.1) is 0 Å². The normalized spacial score (nSPS) is 16.0. The van der Waals surface area contributed by atoms with Crippen LogP contribution in [-0.2, 0) is 18.0 Å². The summed E-state index contributed by atoms with van der Waals surface area (Å²) in [6.07, 6.45) is 0.0903. The lowest BCUT2D eigenvalue weighted by molar-refractivity contribution is -0.144. The SMILES string of the molecule is Cn1c(-c2ccnc(C(F)(F)F)n2)cc2cnc(NC3CCOCC3)cc21. The highest BCUT2D eigenvalue weighted by molar-refractivity contribution is 5.87. The Kier molecular flexibility index (Phi) is 4.47. The number of pyridine rings is 1. The van der Waals surface area contributed by atoms with E-state index in [0.29, 0.717) is 11.7 Å². The van der Waals surface area contributed by atoms with E-state index >= 15 is 0 Å². The topological polar surface area (TPSA) is 64.9 Å². The largest absolute Gasteiger partial charge is 0.451 e. The Balaban J connectivity index is 1.68. The van der Waals surface area contributed by atoms with Crippen LogP contribution in [0.2, 0.25) is 0 Å². The molecular weight excluding hydrogens is 359 g/mol. The lowest BCUT2D eigenvalue weighted by Gasteiger charge is -2.23. The predicted octanol–water partition coefficient (Wildman–Crippen LogP) is 3.64. The average molecular weight is 377 g/mol. The van der Waals surface area contributed by atoms with Gasteiger partial charge in [-0.05, 0) is 25.0 Å². The first-order chi connectivity index (χ1) is 12.9. The predicted molar refractivity (Wildman–Crippen MR) is 94.2 cm³/mol. The molecule has 0 aromatic carbocycles. The molecule has 3 aromatic heterocycles. The summed E-state index contributed by atoms with van der Waals surface area (Å²) in [6.45, 7) is 1.45. The van der Waals surface area contributed by atoms with Gasteiger partial charge in [0.15, 0.2) is 0 Å². The van der Waals surface area contributed by atoms with Gasteiger partial charge >= 0.3 is 6.18 Å². The summed E-state index contributed by atoms with van der Waals surface area (Å²) in [7, 11) is 1.80. The summed E-state index contributed by atoms with van der Waals surface area (Å²) in [5.74, 6) is -0.411. The third-order valence-electron chi connectivity index (χ3n) is 4.67. The fraction of sp³-hybridized carbons (Fsp3) is 0.389. The summed E-state index contributed by atoms with van der Waals surface area (Å²) >= 11 is 0. The van der Waals surface area contributed by atoms with Crippen molar-refractivity contribution >= 4 is 16.7 Å². The zero-order chi connectivity index (χ0) is 19.0. The van der Waals surface area contributed by atoms with Gasteiger partial charge in [0, 0.05) is 50.1 Å². The summed E-state index contributed by atoms with van der Waals surface area (Å²) in [5.41, 5.74) is 1.65. The molecule has 0 spiro atoms. The Morgan fingerprint density at radius 1 is 1.19 bits per heavy atom. The van der Waals surface area contributed by atoms with E-state index in [1.807, 2.05) is 10.6 Å². The molecule has 0 saturated carbocycles. The molecule has 1 N–H and O–H groups in total. The molecule has 4 heterocycles. The minimum absolute atomic E-state index is 0.218. The van der Waals surface area contributed by atoms with Gasteiger partial charge in [-0.15, -0.1) is 0 Å². The minimum atomic E-state index is -4.58. The molecule has 4 rings (SSSR count). The molecule has 27 heavy (non-hydrogen) atoms. The Labute approximate surface area is 153 Å². The van der Waals surface area contributed by atoms with Gasteiger partial charge in [0.25, 0.3) is 0 Å². The molecule has 142 valence electrons. The molecular formula is C18H18F3N5O. The van der Waals surface area contributed by atoms with Crippen molar-refractivity contribution in [2.75, 3.05) is 18.5 Å². The minimum Gasteiger partial charge on any atom is -0.381 e. The molecule has 1 aliphatic rings. The number of halogens is 3. The van der Waals surface area contributed by atoms with Gasteiger partial charge in [-0.1, -0.05) is 0 Å². The van der Waals surface area contributed by atoms with Crippen LogP contribution in [-0.4, -0.2) is 38.8 Å². The molecule has 0 amide bonds. The summed E-state index contributed by atoms with van der Waals surface area (Å²) in [5, 5.41) is 4.23. The van der Waals surface area contributed by atoms with Crippen molar-refractivity contribution in [2.24, 2.45) is 7.05 Å². The number of rotatable bonds is 3. The molecule has 1 fully saturated rings. The number of nitrogens with one attached hydrogen (secondary N) is 1. The van der Waals surface area contributed by atoms with Gasteiger partial charge in [-0.3, -0.25) is 0 Å². The molecule has 1 saturated heterocycles. The first-order valence-corrected chi connectivity index (χ1v) is 8.62. The molecule has 0 atom stereocenters. The fourth-order valence-corrected chi connectivity index (χ4v) is 3.24. The van der Waals surface area contributed by atoms with E-state index in [-0.39, 0.29) is 5.69 Å². The highest BCUT2D eigenvalue weighted by atomic mass is 19.4. The van der Waals surface area contributed by atoms with Crippen LogP contribution in [0.4, 0.5) is 19.0 Å². The lowest BCUT2D eigenvalue weighted by atomic mass is 10.1. The first kappa shape index (κ1) is 17.7. The van der Waals surface area contributed by atoms with Crippen LogP contribution in [0.25, 0.3) is 22.3 Å². The second kappa shape index (κ2) is 6.80. The summed E-state index contributed by atoms with van der Waals surface area (Å²) in [4.78, 5) is 11.4. The molecule has 9 heteroatoms. The number of alkyl halides is 3. The summed E-state index contributed by atoms with van der Waals surface area (Å²) < 4.78 is 45.9. The molecule has 0 aliphatic carbocycles. The standard InChI is InChI=1S/C18H18F3N5O/c1-26-14-9-16(24-12-3-6-27-7-4-12)23-10-11(14)8-15(26)13-2-5-22-17(25-13)18(19,20)21/h2,5,8-10,12H,3-4,6-7H2,1H3,(H,23,24). The monoisotopic (exact) mass is 377 g/mol. The van der Waals surface area contributed by atoms with E-state index in [0.717, 1.165) is 49.0 Å². The van der Waals surface area contributed by atoms with Crippen LogP contribution in [0.5, 0.6) is 0 Å². The maximum absolute atomic E-state index is 12.9. The number of aromatic nitrogens is 4. The Bertz CT molecular complexity index is 963. The number of ether oxygens (including phenoxy) is 1. The zero-order valence-corrected chi connectivity index (χ0v) is 14.6. The van der Waals surface area contributed by atoms with Crippen molar-refractivity contribution < 1.29 is 17.9 Å². The van der Waals surface area contributed by atoms with Crippen molar-refractivity contribution in [3.63, 3.8) is 0 Å². The fourth-order valence-electron chi connectivity index (χ4n) is 3.24. The smallest absolute Gasteiger partial charge is 0.381 e. The van der Waals surface area contributed by atoms with Gasteiger partial charge in [0.05, 0.1) is 16.9 Å². The Morgan fingerprint density at radius 3 is 2.70 bits per heavy atom.